The van der Waals surface area contributed by atoms with E-state index in [0.29, 0.717) is 23.8 Å². The Morgan fingerprint density at radius 2 is 1.92 bits per heavy atom. The highest BCUT2D eigenvalue weighted by molar-refractivity contribution is 6.33. The monoisotopic (exact) mass is 565 g/mol. The summed E-state index contributed by atoms with van der Waals surface area (Å²) < 4.78 is 15.8. The van der Waals surface area contributed by atoms with Gasteiger partial charge in [-0.1, -0.05) is 41.4 Å². The Hall–Kier alpha value is -3.69. The molecule has 0 saturated heterocycles. The number of para-hydroxylation sites is 1. The van der Waals surface area contributed by atoms with Crippen LogP contribution in [0.5, 0.6) is 0 Å². The number of aromatic amines is 1. The summed E-state index contributed by atoms with van der Waals surface area (Å²) in [6, 6.07) is 11.4. The number of amides is 1. The molecule has 1 fully saturated rings. The molecule has 8 nitrogen and oxygen atoms in total. The van der Waals surface area contributed by atoms with Crippen LogP contribution in [-0.2, 0) is 11.2 Å². The molecule has 4 heterocycles. The Morgan fingerprint density at radius 1 is 1.13 bits per heavy atom. The van der Waals surface area contributed by atoms with Crippen molar-refractivity contribution in [3.63, 3.8) is 0 Å². The van der Waals surface area contributed by atoms with Crippen molar-refractivity contribution in [2.45, 2.75) is 38.0 Å². The van der Waals surface area contributed by atoms with Crippen LogP contribution in [-0.4, -0.2) is 36.8 Å². The summed E-state index contributed by atoms with van der Waals surface area (Å²) in [5, 5.41) is 3.80. The second-order valence-electron chi connectivity index (χ2n) is 10.0. The summed E-state index contributed by atoms with van der Waals surface area (Å²) in [7, 11) is 0. The Labute approximate surface area is 233 Å². The lowest BCUT2D eigenvalue weighted by Crippen LogP contribution is -2.32. The van der Waals surface area contributed by atoms with E-state index in [1.54, 1.807) is 6.20 Å². The fourth-order valence-electron chi connectivity index (χ4n) is 5.49. The van der Waals surface area contributed by atoms with Crippen LogP contribution in [0, 0.1) is 11.7 Å². The normalized spacial score (nSPS) is 17.6. The van der Waals surface area contributed by atoms with Gasteiger partial charge in [0.15, 0.2) is 11.0 Å². The van der Waals surface area contributed by atoms with Crippen molar-refractivity contribution in [2.75, 3.05) is 12.3 Å². The predicted octanol–water partition coefficient (Wildman–Crippen LogP) is 5.93. The lowest BCUT2D eigenvalue weighted by atomic mass is 9.81. The van der Waals surface area contributed by atoms with E-state index in [0.717, 1.165) is 65.4 Å². The number of carbonyl (C=O) groups is 1. The van der Waals surface area contributed by atoms with Gasteiger partial charge in [0, 0.05) is 41.3 Å². The van der Waals surface area contributed by atoms with Crippen molar-refractivity contribution in [2.24, 2.45) is 5.92 Å². The number of carbonyl (C=O) groups excluding carboxylic acids is 1. The van der Waals surface area contributed by atoms with Crippen LogP contribution >= 0.6 is 23.2 Å². The number of anilines is 1. The summed E-state index contributed by atoms with van der Waals surface area (Å²) >= 11 is 11.7. The SMILES string of the molecule is Nc1nccn2c(C3CCC(CNC(=O)Cc4cc(F)c(Cl)nc4Cl)CC3)nc(-c3cc4ccccc4[nH]3)c12. The highest BCUT2D eigenvalue weighted by Crippen LogP contribution is 2.38. The van der Waals surface area contributed by atoms with E-state index in [4.69, 9.17) is 33.9 Å². The minimum Gasteiger partial charge on any atom is -0.382 e. The Balaban J connectivity index is 1.14. The lowest BCUT2D eigenvalue weighted by molar-refractivity contribution is -0.120. The number of pyridine rings is 1. The smallest absolute Gasteiger partial charge is 0.224 e. The minimum absolute atomic E-state index is 0.0339. The number of halogens is 3. The van der Waals surface area contributed by atoms with Gasteiger partial charge in [-0.2, -0.15) is 0 Å². The minimum atomic E-state index is -0.695. The highest BCUT2D eigenvalue weighted by atomic mass is 35.5. The molecule has 1 aliphatic carbocycles. The molecule has 39 heavy (non-hydrogen) atoms. The average molecular weight is 566 g/mol. The number of nitrogens with one attached hydrogen (secondary N) is 2. The van der Waals surface area contributed by atoms with Crippen molar-refractivity contribution in [3.05, 3.63) is 76.3 Å². The second-order valence-corrected chi connectivity index (χ2v) is 10.7. The van der Waals surface area contributed by atoms with Crippen LogP contribution in [0.1, 0.15) is 43.0 Å². The molecule has 0 unspecified atom stereocenters. The van der Waals surface area contributed by atoms with Gasteiger partial charge in [-0.15, -0.1) is 0 Å². The van der Waals surface area contributed by atoms with Crippen LogP contribution in [0.4, 0.5) is 10.2 Å². The van der Waals surface area contributed by atoms with Gasteiger partial charge in [0.1, 0.15) is 28.0 Å². The first-order valence-electron chi connectivity index (χ1n) is 12.8. The first-order valence-corrected chi connectivity index (χ1v) is 13.6. The molecular formula is C28H26Cl2FN7O. The van der Waals surface area contributed by atoms with Crippen LogP contribution in [0.2, 0.25) is 10.3 Å². The second kappa shape index (κ2) is 10.5. The van der Waals surface area contributed by atoms with Gasteiger partial charge < -0.3 is 16.0 Å². The molecule has 5 aromatic rings. The fraction of sp³-hybridized carbons (Fsp3) is 0.286. The van der Waals surface area contributed by atoms with Gasteiger partial charge in [0.25, 0.3) is 0 Å². The Bertz CT molecular complexity index is 1660. The third-order valence-electron chi connectivity index (χ3n) is 7.51. The summed E-state index contributed by atoms with van der Waals surface area (Å²) in [4.78, 5) is 29.1. The zero-order valence-corrected chi connectivity index (χ0v) is 22.4. The number of nitrogens with zero attached hydrogens (tertiary/aromatic N) is 4. The van der Waals surface area contributed by atoms with Gasteiger partial charge in [-0.3, -0.25) is 9.20 Å². The number of benzene rings is 1. The van der Waals surface area contributed by atoms with Gasteiger partial charge in [0.05, 0.1) is 12.1 Å². The molecule has 1 amide bonds. The molecule has 1 aliphatic rings. The topological polar surface area (TPSA) is 114 Å². The van der Waals surface area contributed by atoms with Crippen molar-refractivity contribution >= 4 is 51.3 Å². The molecule has 0 spiro atoms. The number of aromatic nitrogens is 5. The molecule has 0 atom stereocenters. The van der Waals surface area contributed by atoms with Gasteiger partial charge >= 0.3 is 0 Å². The van der Waals surface area contributed by atoms with E-state index < -0.39 is 5.82 Å². The Kier molecular flexibility index (Phi) is 6.86. The maximum absolute atomic E-state index is 13.7. The molecule has 0 radical (unpaired) electrons. The molecule has 1 saturated carbocycles. The molecule has 4 N–H and O–H groups in total. The van der Waals surface area contributed by atoms with Gasteiger partial charge in [-0.05, 0) is 49.8 Å². The maximum atomic E-state index is 13.7. The van der Waals surface area contributed by atoms with E-state index in [-0.39, 0.29) is 28.6 Å². The van der Waals surface area contributed by atoms with E-state index in [1.807, 2.05) is 24.4 Å². The summed E-state index contributed by atoms with van der Waals surface area (Å²) in [5.41, 5.74) is 10.2. The Morgan fingerprint density at radius 3 is 2.72 bits per heavy atom. The third kappa shape index (κ3) is 5.04. The standard InChI is InChI=1S/C28H26Cl2FN7O/c29-25-18(11-19(31)26(30)37-25)13-22(39)34-14-15-5-7-16(8-6-15)28-36-23(24-27(32)33-9-10-38(24)28)21-12-17-3-1-2-4-20(17)35-21/h1-4,9-12,15-16,35H,5-8,13-14H2,(H2,32,33)(H,34,39). The number of hydrogen-bond acceptors (Lipinski definition) is 5. The summed E-state index contributed by atoms with van der Waals surface area (Å²) in [5.74, 6) is 1.09. The van der Waals surface area contributed by atoms with Crippen LogP contribution < -0.4 is 11.1 Å². The highest BCUT2D eigenvalue weighted by Gasteiger charge is 2.28. The molecule has 1 aromatic carbocycles. The number of H-pyrrole nitrogens is 1. The first kappa shape index (κ1) is 25.6. The predicted molar refractivity (Wildman–Crippen MR) is 150 cm³/mol. The number of nitrogens with two attached hydrogens (primary N) is 1. The van der Waals surface area contributed by atoms with Crippen molar-refractivity contribution in [1.29, 1.82) is 0 Å². The van der Waals surface area contributed by atoms with Gasteiger partial charge in [-0.25, -0.2) is 19.3 Å². The van der Waals surface area contributed by atoms with E-state index in [2.05, 4.69) is 36.8 Å². The average Bonchev–Trinajstić information content (AvgIpc) is 3.53. The number of hydrogen-bond donors (Lipinski definition) is 3. The lowest BCUT2D eigenvalue weighted by Gasteiger charge is -2.28. The molecule has 6 rings (SSSR count). The quantitative estimate of drug-likeness (QED) is 0.221. The van der Waals surface area contributed by atoms with Crippen LogP contribution in [0.15, 0.2) is 48.8 Å². The van der Waals surface area contributed by atoms with E-state index in [9.17, 15) is 9.18 Å². The largest absolute Gasteiger partial charge is 0.382 e. The van der Waals surface area contributed by atoms with E-state index >= 15 is 0 Å². The molecule has 200 valence electrons. The molecule has 4 aromatic heterocycles. The van der Waals surface area contributed by atoms with Gasteiger partial charge in [0.2, 0.25) is 5.91 Å². The maximum Gasteiger partial charge on any atom is 0.224 e. The van der Waals surface area contributed by atoms with E-state index in [1.165, 1.54) is 0 Å². The van der Waals surface area contributed by atoms with Crippen molar-refractivity contribution < 1.29 is 9.18 Å². The van der Waals surface area contributed by atoms with Crippen molar-refractivity contribution in [3.8, 4) is 11.4 Å². The molecule has 11 heteroatoms. The number of rotatable bonds is 6. The summed E-state index contributed by atoms with van der Waals surface area (Å²) in [6.07, 6.45) is 7.34. The van der Waals surface area contributed by atoms with Crippen LogP contribution in [0.3, 0.4) is 0 Å². The fourth-order valence-corrected chi connectivity index (χ4v) is 5.88. The number of fused-ring (bicyclic) bond motifs is 2. The zero-order valence-electron chi connectivity index (χ0n) is 20.9. The molecule has 0 aliphatic heterocycles. The van der Waals surface area contributed by atoms with Crippen molar-refractivity contribution in [1.82, 2.24) is 29.7 Å². The number of nitrogen functional groups attached to an aromatic ring is 1. The van der Waals surface area contributed by atoms with Crippen LogP contribution in [0.25, 0.3) is 27.8 Å². The molecule has 0 bridgehead atoms. The first-order chi connectivity index (χ1) is 18.9. The molecular weight excluding hydrogens is 540 g/mol. The number of imidazole rings is 1. The summed E-state index contributed by atoms with van der Waals surface area (Å²) in [6.45, 7) is 0.548. The third-order valence-corrected chi connectivity index (χ3v) is 8.10. The zero-order chi connectivity index (χ0) is 27.1.